The molecule has 0 aliphatic rings. The predicted octanol–water partition coefficient (Wildman–Crippen LogP) is 15.9. The SMILES string of the molecule is CCCCCOc1ccc(OC(=O)c2ccc(C(=O)Oc3ccc(OCCCCC)cc3)c(OCCCCCCOc3cc(C(=O)Oc4ccc(OCCCCC)cc4)ccc3C(=O)Oc3ccc(OCCCCC)cc3)c2)cc1. The second-order valence-corrected chi connectivity index (χ2v) is 19.2. The molecular formula is C66H78O14. The van der Waals surface area contributed by atoms with Crippen molar-refractivity contribution in [3.05, 3.63) is 156 Å². The first kappa shape index (κ1) is 61.2. The van der Waals surface area contributed by atoms with E-state index in [-0.39, 0.29) is 47.0 Å². The Labute approximate surface area is 471 Å². The molecule has 0 N–H and O–H groups in total. The van der Waals surface area contributed by atoms with Crippen LogP contribution in [0.15, 0.2) is 133 Å². The first-order valence-electron chi connectivity index (χ1n) is 28.5. The van der Waals surface area contributed by atoms with Gasteiger partial charge in [0.2, 0.25) is 0 Å². The van der Waals surface area contributed by atoms with E-state index in [1.165, 1.54) is 36.4 Å². The minimum Gasteiger partial charge on any atom is -0.494 e. The lowest BCUT2D eigenvalue weighted by Gasteiger charge is -2.14. The first-order chi connectivity index (χ1) is 39.2. The number of rotatable bonds is 37. The third-order valence-corrected chi connectivity index (χ3v) is 12.6. The molecule has 426 valence electrons. The molecule has 14 nitrogen and oxygen atoms in total. The number of hydrogen-bond acceptors (Lipinski definition) is 14. The number of carbonyl (C=O) groups is 4. The summed E-state index contributed by atoms with van der Waals surface area (Å²) in [5.74, 6) is 1.74. The van der Waals surface area contributed by atoms with Crippen LogP contribution in [-0.4, -0.2) is 63.5 Å². The number of hydrogen-bond donors (Lipinski definition) is 0. The fraction of sp³-hybridized carbons (Fsp3) is 0.394. The van der Waals surface area contributed by atoms with E-state index in [2.05, 4.69) is 27.7 Å². The fourth-order valence-electron chi connectivity index (χ4n) is 8.04. The van der Waals surface area contributed by atoms with Crippen molar-refractivity contribution < 1.29 is 66.5 Å². The molecule has 0 bridgehead atoms. The zero-order valence-corrected chi connectivity index (χ0v) is 47.0. The average Bonchev–Trinajstić information content (AvgIpc) is 3.49. The van der Waals surface area contributed by atoms with Gasteiger partial charge in [-0.2, -0.15) is 0 Å². The molecule has 6 rings (SSSR count). The van der Waals surface area contributed by atoms with Gasteiger partial charge in [-0.3, -0.25) is 0 Å². The van der Waals surface area contributed by atoms with Crippen LogP contribution in [0.25, 0.3) is 0 Å². The summed E-state index contributed by atoms with van der Waals surface area (Å²) in [7, 11) is 0. The van der Waals surface area contributed by atoms with Gasteiger partial charge in [-0.15, -0.1) is 0 Å². The van der Waals surface area contributed by atoms with Crippen molar-refractivity contribution in [3.8, 4) is 57.5 Å². The summed E-state index contributed by atoms with van der Waals surface area (Å²) in [5.41, 5.74) is 0.613. The molecular weight excluding hydrogens is 1020 g/mol. The molecule has 6 aromatic carbocycles. The smallest absolute Gasteiger partial charge is 0.347 e. The van der Waals surface area contributed by atoms with Crippen molar-refractivity contribution >= 4 is 23.9 Å². The van der Waals surface area contributed by atoms with Crippen LogP contribution in [0.2, 0.25) is 0 Å². The van der Waals surface area contributed by atoms with Crippen LogP contribution in [0.3, 0.4) is 0 Å². The lowest BCUT2D eigenvalue weighted by Crippen LogP contribution is -2.14. The van der Waals surface area contributed by atoms with E-state index in [1.54, 1.807) is 97.1 Å². The van der Waals surface area contributed by atoms with Crippen molar-refractivity contribution in [2.75, 3.05) is 39.6 Å². The second-order valence-electron chi connectivity index (χ2n) is 19.2. The largest absolute Gasteiger partial charge is 0.494 e. The average molecular weight is 1100 g/mol. The summed E-state index contributed by atoms with van der Waals surface area (Å²) >= 11 is 0. The summed E-state index contributed by atoms with van der Waals surface area (Å²) in [6.07, 6.45) is 15.1. The Hall–Kier alpha value is -8.00. The van der Waals surface area contributed by atoms with Gasteiger partial charge in [0.15, 0.2) is 0 Å². The highest BCUT2D eigenvalue weighted by Crippen LogP contribution is 2.29. The monoisotopic (exact) mass is 1090 g/mol. The Morgan fingerprint density at radius 3 is 0.775 bits per heavy atom. The third-order valence-electron chi connectivity index (χ3n) is 12.6. The van der Waals surface area contributed by atoms with Crippen LogP contribution >= 0.6 is 0 Å². The third kappa shape index (κ3) is 21.3. The molecule has 0 atom stereocenters. The minimum atomic E-state index is -0.665. The van der Waals surface area contributed by atoms with E-state index in [9.17, 15) is 19.2 Å². The van der Waals surface area contributed by atoms with Crippen LogP contribution in [0.5, 0.6) is 57.5 Å². The highest BCUT2D eigenvalue weighted by molar-refractivity contribution is 5.98. The fourth-order valence-corrected chi connectivity index (χ4v) is 8.04. The van der Waals surface area contributed by atoms with Gasteiger partial charge in [0, 0.05) is 0 Å². The highest BCUT2D eigenvalue weighted by Gasteiger charge is 2.22. The van der Waals surface area contributed by atoms with Crippen LogP contribution in [0, 0.1) is 0 Å². The lowest BCUT2D eigenvalue weighted by atomic mass is 10.1. The Kier molecular flexibility index (Phi) is 26.6. The van der Waals surface area contributed by atoms with Crippen molar-refractivity contribution in [2.45, 2.75) is 130 Å². The van der Waals surface area contributed by atoms with Crippen LogP contribution in [0.4, 0.5) is 0 Å². The summed E-state index contributed by atoms with van der Waals surface area (Å²) in [6.45, 7) is 11.4. The molecule has 0 aliphatic carbocycles. The van der Waals surface area contributed by atoms with E-state index < -0.39 is 23.9 Å². The molecule has 0 saturated heterocycles. The Morgan fingerprint density at radius 1 is 0.263 bits per heavy atom. The Bertz CT molecular complexity index is 2600. The van der Waals surface area contributed by atoms with Crippen LogP contribution in [-0.2, 0) is 0 Å². The summed E-state index contributed by atoms with van der Waals surface area (Å²) in [4.78, 5) is 54.3. The molecule has 6 aromatic rings. The molecule has 0 aromatic heterocycles. The molecule has 0 unspecified atom stereocenters. The van der Waals surface area contributed by atoms with Gasteiger partial charge in [-0.05, 0) is 185 Å². The molecule has 0 spiro atoms. The van der Waals surface area contributed by atoms with Gasteiger partial charge < -0.3 is 47.4 Å². The Morgan fingerprint density at radius 2 is 0.500 bits per heavy atom. The molecule has 80 heavy (non-hydrogen) atoms. The molecule has 0 saturated carbocycles. The lowest BCUT2D eigenvalue weighted by molar-refractivity contribution is 0.0715. The normalized spacial score (nSPS) is 10.8. The zero-order valence-electron chi connectivity index (χ0n) is 47.0. The highest BCUT2D eigenvalue weighted by atomic mass is 16.6. The van der Waals surface area contributed by atoms with E-state index in [4.69, 9.17) is 47.4 Å². The summed E-state index contributed by atoms with van der Waals surface area (Å²) in [6, 6.07) is 36.3. The van der Waals surface area contributed by atoms with Gasteiger partial charge in [0.1, 0.15) is 68.6 Å². The van der Waals surface area contributed by atoms with Gasteiger partial charge in [0.05, 0.1) is 50.8 Å². The number of unbranched alkanes of at least 4 members (excludes halogenated alkanes) is 11. The van der Waals surface area contributed by atoms with Gasteiger partial charge in [0.25, 0.3) is 0 Å². The van der Waals surface area contributed by atoms with E-state index >= 15 is 0 Å². The van der Waals surface area contributed by atoms with Crippen LogP contribution in [0.1, 0.15) is 172 Å². The molecule has 0 aliphatic heterocycles. The molecule has 0 fully saturated rings. The maximum absolute atomic E-state index is 13.7. The standard InChI is InChI=1S/C66H78O14/c1-5-9-15-41-71-51-23-31-55(32-24-51)77-63(67)49-21-39-59(65(69)79-57-35-27-53(28-36-57)73-43-17-11-7-3)61(47-49)75-45-19-13-14-20-46-76-62-48-50(64(68)78-56-33-25-52(26-34-56)72-42-16-10-6-2)22-40-60(62)66(70)80-58-37-29-54(30-38-58)74-44-18-12-8-4/h21-40,47-48H,5-20,41-46H2,1-4H3. The zero-order chi connectivity index (χ0) is 56.6. The van der Waals surface area contributed by atoms with Crippen molar-refractivity contribution in [2.24, 2.45) is 0 Å². The van der Waals surface area contributed by atoms with Gasteiger partial charge in [-0.1, -0.05) is 79.1 Å². The van der Waals surface area contributed by atoms with Gasteiger partial charge in [-0.25, -0.2) is 19.2 Å². The van der Waals surface area contributed by atoms with E-state index in [0.29, 0.717) is 98.1 Å². The maximum Gasteiger partial charge on any atom is 0.347 e. The topological polar surface area (TPSA) is 161 Å². The number of benzene rings is 6. The molecule has 14 heteroatoms. The van der Waals surface area contributed by atoms with Crippen molar-refractivity contribution in [1.29, 1.82) is 0 Å². The number of esters is 4. The predicted molar refractivity (Wildman–Crippen MR) is 308 cm³/mol. The molecule has 0 amide bonds. The Balaban J connectivity index is 1.07. The molecule has 0 radical (unpaired) electrons. The van der Waals surface area contributed by atoms with Crippen molar-refractivity contribution in [1.82, 2.24) is 0 Å². The van der Waals surface area contributed by atoms with Crippen molar-refractivity contribution in [3.63, 3.8) is 0 Å². The summed E-state index contributed by atoms with van der Waals surface area (Å²) in [5, 5.41) is 0. The number of ether oxygens (including phenoxy) is 10. The van der Waals surface area contributed by atoms with E-state index in [1.807, 2.05) is 0 Å². The minimum absolute atomic E-state index is 0.129. The van der Waals surface area contributed by atoms with Crippen LogP contribution < -0.4 is 47.4 Å². The quantitative estimate of drug-likeness (QED) is 0.0206. The molecule has 0 heterocycles. The maximum atomic E-state index is 13.7. The number of carbonyl (C=O) groups excluding carboxylic acids is 4. The first-order valence-corrected chi connectivity index (χ1v) is 28.5. The summed E-state index contributed by atoms with van der Waals surface area (Å²) < 4.78 is 58.6. The van der Waals surface area contributed by atoms with E-state index in [0.717, 1.165) is 77.0 Å². The second kappa shape index (κ2) is 34.8. The van der Waals surface area contributed by atoms with Gasteiger partial charge >= 0.3 is 23.9 Å².